The van der Waals surface area contributed by atoms with Crippen molar-refractivity contribution in [3.05, 3.63) is 65.6 Å². The predicted octanol–water partition coefficient (Wildman–Crippen LogP) is 2.70. The number of nitrogens with one attached hydrogen (secondary N) is 2. The first-order valence-electron chi connectivity index (χ1n) is 6.95. The molecule has 0 unspecified atom stereocenters. The molecular formula is C17H15N3O2. The molecule has 0 saturated heterocycles. The molecule has 0 aliphatic carbocycles. The Morgan fingerprint density at radius 2 is 2.09 bits per heavy atom. The highest BCUT2D eigenvalue weighted by Crippen LogP contribution is 2.16. The quantitative estimate of drug-likeness (QED) is 0.726. The summed E-state index contributed by atoms with van der Waals surface area (Å²) >= 11 is 0. The van der Waals surface area contributed by atoms with Gasteiger partial charge in [0, 0.05) is 29.9 Å². The van der Waals surface area contributed by atoms with Crippen LogP contribution in [0.5, 0.6) is 0 Å². The Bertz CT molecular complexity index is 846. The summed E-state index contributed by atoms with van der Waals surface area (Å²) in [5.41, 5.74) is 2.77. The van der Waals surface area contributed by atoms with Crippen LogP contribution in [0, 0.1) is 0 Å². The number of benzene rings is 1. The summed E-state index contributed by atoms with van der Waals surface area (Å²) in [6.45, 7) is 1.87. The lowest BCUT2D eigenvalue weighted by Gasteiger charge is -2.07. The third-order valence-electron chi connectivity index (χ3n) is 3.51. The lowest BCUT2D eigenvalue weighted by molar-refractivity contribution is 0.0946. The Kier molecular flexibility index (Phi) is 3.70. The molecule has 0 atom stereocenters. The molecule has 2 aromatic heterocycles. The maximum atomic E-state index is 12.1. The van der Waals surface area contributed by atoms with Gasteiger partial charge in [0.1, 0.15) is 5.69 Å². The first-order chi connectivity index (χ1) is 10.6. The second-order valence-corrected chi connectivity index (χ2v) is 5.03. The van der Waals surface area contributed by atoms with Gasteiger partial charge in [-0.2, -0.15) is 0 Å². The van der Waals surface area contributed by atoms with Crippen LogP contribution >= 0.6 is 0 Å². The molecule has 2 heterocycles. The van der Waals surface area contributed by atoms with Crippen molar-refractivity contribution in [2.24, 2.45) is 0 Å². The number of hydrogen-bond acceptors (Lipinski definition) is 3. The fourth-order valence-corrected chi connectivity index (χ4v) is 2.32. The molecule has 0 aliphatic rings. The molecule has 1 amide bonds. The standard InChI is InChI=1S/C17H15N3O2/c1-11(21)13-8-16(19-10-13)17(22)20-9-12-4-2-6-15-14(12)5-3-7-18-15/h2-8,10,19H,9H2,1H3,(H,20,22). The maximum absolute atomic E-state index is 12.1. The lowest BCUT2D eigenvalue weighted by atomic mass is 10.1. The zero-order chi connectivity index (χ0) is 15.5. The van der Waals surface area contributed by atoms with Gasteiger partial charge in [-0.1, -0.05) is 18.2 Å². The molecule has 0 fully saturated rings. The summed E-state index contributed by atoms with van der Waals surface area (Å²) in [4.78, 5) is 30.5. The SMILES string of the molecule is CC(=O)c1c[nH]c(C(=O)NCc2cccc3ncccc23)c1. The zero-order valence-electron chi connectivity index (χ0n) is 12.1. The Hall–Kier alpha value is -2.95. The number of aromatic nitrogens is 2. The Labute approximate surface area is 127 Å². The second-order valence-electron chi connectivity index (χ2n) is 5.03. The van der Waals surface area contributed by atoms with Crippen molar-refractivity contribution in [1.29, 1.82) is 0 Å². The average molecular weight is 293 g/mol. The molecule has 5 nitrogen and oxygen atoms in total. The van der Waals surface area contributed by atoms with Crippen molar-refractivity contribution in [2.45, 2.75) is 13.5 Å². The Morgan fingerprint density at radius 3 is 2.86 bits per heavy atom. The summed E-state index contributed by atoms with van der Waals surface area (Å²) in [5.74, 6) is -0.316. The van der Waals surface area contributed by atoms with E-state index in [1.54, 1.807) is 18.5 Å². The summed E-state index contributed by atoms with van der Waals surface area (Å²) in [7, 11) is 0. The number of aromatic amines is 1. The van der Waals surface area contributed by atoms with Crippen LogP contribution in [0.25, 0.3) is 10.9 Å². The molecule has 0 radical (unpaired) electrons. The van der Waals surface area contributed by atoms with E-state index in [1.165, 1.54) is 6.92 Å². The highest BCUT2D eigenvalue weighted by Gasteiger charge is 2.11. The van der Waals surface area contributed by atoms with E-state index >= 15 is 0 Å². The van der Waals surface area contributed by atoms with Gasteiger partial charge in [-0.3, -0.25) is 14.6 Å². The molecule has 0 saturated carbocycles. The van der Waals surface area contributed by atoms with Crippen LogP contribution < -0.4 is 5.32 Å². The van der Waals surface area contributed by atoms with Gasteiger partial charge in [-0.05, 0) is 30.7 Å². The van der Waals surface area contributed by atoms with E-state index in [4.69, 9.17) is 0 Å². The van der Waals surface area contributed by atoms with E-state index in [0.29, 0.717) is 17.8 Å². The number of rotatable bonds is 4. The largest absolute Gasteiger partial charge is 0.356 e. The third kappa shape index (κ3) is 2.74. The Balaban J connectivity index is 1.76. The first-order valence-corrected chi connectivity index (χ1v) is 6.95. The summed E-state index contributed by atoms with van der Waals surface area (Å²) in [6.07, 6.45) is 3.28. The molecule has 2 N–H and O–H groups in total. The smallest absolute Gasteiger partial charge is 0.267 e. The zero-order valence-corrected chi connectivity index (χ0v) is 12.1. The lowest BCUT2D eigenvalue weighted by Crippen LogP contribution is -2.23. The minimum absolute atomic E-state index is 0.0737. The normalized spacial score (nSPS) is 10.6. The monoisotopic (exact) mass is 293 g/mol. The molecule has 22 heavy (non-hydrogen) atoms. The van der Waals surface area contributed by atoms with Gasteiger partial charge in [-0.15, -0.1) is 0 Å². The average Bonchev–Trinajstić information content (AvgIpc) is 3.03. The highest BCUT2D eigenvalue weighted by atomic mass is 16.2. The number of Topliss-reactive ketones (excluding diaryl/α,β-unsaturated/α-hetero) is 1. The molecule has 3 aromatic rings. The fourth-order valence-electron chi connectivity index (χ4n) is 2.32. The number of amides is 1. The number of carbonyl (C=O) groups is 2. The van der Waals surface area contributed by atoms with Gasteiger partial charge in [0.15, 0.2) is 5.78 Å². The molecular weight excluding hydrogens is 278 g/mol. The number of ketones is 1. The third-order valence-corrected chi connectivity index (χ3v) is 3.51. The van der Waals surface area contributed by atoms with Crippen LogP contribution in [-0.4, -0.2) is 21.7 Å². The Morgan fingerprint density at radius 1 is 1.23 bits per heavy atom. The molecule has 5 heteroatoms. The minimum atomic E-state index is -0.242. The number of hydrogen-bond donors (Lipinski definition) is 2. The van der Waals surface area contributed by atoms with Gasteiger partial charge in [0.25, 0.3) is 5.91 Å². The molecule has 0 aliphatic heterocycles. The van der Waals surface area contributed by atoms with Crippen LogP contribution in [0.1, 0.15) is 33.3 Å². The van der Waals surface area contributed by atoms with Gasteiger partial charge in [0.2, 0.25) is 0 Å². The molecule has 0 spiro atoms. The van der Waals surface area contributed by atoms with Gasteiger partial charge in [-0.25, -0.2) is 0 Å². The van der Waals surface area contributed by atoms with Crippen molar-refractivity contribution in [1.82, 2.24) is 15.3 Å². The fraction of sp³-hybridized carbons (Fsp3) is 0.118. The van der Waals surface area contributed by atoms with Crippen LogP contribution in [0.4, 0.5) is 0 Å². The topological polar surface area (TPSA) is 74.8 Å². The number of H-pyrrole nitrogens is 1. The van der Waals surface area contributed by atoms with Crippen LogP contribution in [0.15, 0.2) is 48.8 Å². The van der Waals surface area contributed by atoms with Crippen molar-refractivity contribution < 1.29 is 9.59 Å². The molecule has 1 aromatic carbocycles. The molecule has 0 bridgehead atoms. The van der Waals surface area contributed by atoms with E-state index in [1.807, 2.05) is 30.3 Å². The molecule has 3 rings (SSSR count). The van der Waals surface area contributed by atoms with Crippen molar-refractivity contribution in [2.75, 3.05) is 0 Å². The summed E-state index contributed by atoms with van der Waals surface area (Å²) in [6, 6.07) is 11.2. The molecule has 110 valence electrons. The van der Waals surface area contributed by atoms with E-state index in [0.717, 1.165) is 16.5 Å². The van der Waals surface area contributed by atoms with E-state index in [-0.39, 0.29) is 11.7 Å². The van der Waals surface area contributed by atoms with E-state index in [9.17, 15) is 9.59 Å². The second kappa shape index (κ2) is 5.81. The predicted molar refractivity (Wildman–Crippen MR) is 83.7 cm³/mol. The van der Waals surface area contributed by atoms with Crippen LogP contribution in [-0.2, 0) is 6.54 Å². The summed E-state index contributed by atoms with van der Waals surface area (Å²) < 4.78 is 0. The number of pyridine rings is 1. The first kappa shape index (κ1) is 14.0. The van der Waals surface area contributed by atoms with Crippen LogP contribution in [0.3, 0.4) is 0 Å². The van der Waals surface area contributed by atoms with Crippen molar-refractivity contribution in [3.63, 3.8) is 0 Å². The summed E-state index contributed by atoms with van der Waals surface area (Å²) in [5, 5.41) is 3.87. The number of carbonyl (C=O) groups excluding carboxylic acids is 2. The maximum Gasteiger partial charge on any atom is 0.267 e. The van der Waals surface area contributed by atoms with Crippen molar-refractivity contribution in [3.8, 4) is 0 Å². The highest BCUT2D eigenvalue weighted by molar-refractivity contribution is 5.99. The van der Waals surface area contributed by atoms with Gasteiger partial charge in [0.05, 0.1) is 5.52 Å². The minimum Gasteiger partial charge on any atom is -0.356 e. The van der Waals surface area contributed by atoms with Crippen LogP contribution in [0.2, 0.25) is 0 Å². The van der Waals surface area contributed by atoms with Gasteiger partial charge < -0.3 is 10.3 Å². The van der Waals surface area contributed by atoms with Crippen molar-refractivity contribution >= 4 is 22.6 Å². The van der Waals surface area contributed by atoms with Gasteiger partial charge >= 0.3 is 0 Å². The number of nitrogens with zero attached hydrogens (tertiary/aromatic N) is 1. The number of fused-ring (bicyclic) bond motifs is 1. The van der Waals surface area contributed by atoms with E-state index < -0.39 is 0 Å². The van der Waals surface area contributed by atoms with E-state index in [2.05, 4.69) is 15.3 Å².